The smallest absolute Gasteiger partial charge is 0.332 e. The molecule has 0 radical (unpaired) electrons. The molecular formula is C24H20Cl2N4O5. The minimum atomic E-state index is -1.23. The quantitative estimate of drug-likeness (QED) is 0.240. The standard InChI is InChI=1S/C24H20Cl2N4O5/c1-13-19(27-23(32)24(33)28-29-34)9-18(25)22(21(13)26)35-17-6-7-20(31)16(8-17)12-30-10-14-4-2-3-5-15(14)11-30/h2-9,31H,10-12H2,1H3,(H,27,32)(H,28,33,34). The van der Waals surface area contributed by atoms with E-state index < -0.39 is 11.8 Å². The summed E-state index contributed by atoms with van der Waals surface area (Å²) in [5.41, 5.74) is 5.26. The predicted octanol–water partition coefficient (Wildman–Crippen LogP) is 5.05. The number of phenols is 1. The number of nitroso groups, excluding NO2 is 1. The minimum absolute atomic E-state index is 0.0782. The number of nitrogens with one attached hydrogen (secondary N) is 2. The van der Waals surface area contributed by atoms with Crippen LogP contribution in [0.4, 0.5) is 5.69 Å². The van der Waals surface area contributed by atoms with Gasteiger partial charge in [0.15, 0.2) is 5.75 Å². The van der Waals surface area contributed by atoms with Crippen LogP contribution in [0.5, 0.6) is 17.2 Å². The van der Waals surface area contributed by atoms with Gasteiger partial charge in [-0.2, -0.15) is 0 Å². The van der Waals surface area contributed by atoms with Gasteiger partial charge >= 0.3 is 11.8 Å². The summed E-state index contributed by atoms with van der Waals surface area (Å²) in [5, 5.41) is 15.1. The molecule has 9 nitrogen and oxygen atoms in total. The van der Waals surface area contributed by atoms with Crippen molar-refractivity contribution in [2.75, 3.05) is 5.32 Å². The third kappa shape index (κ3) is 5.37. The van der Waals surface area contributed by atoms with E-state index in [1.165, 1.54) is 28.7 Å². The van der Waals surface area contributed by atoms with Gasteiger partial charge in [-0.1, -0.05) is 47.5 Å². The highest BCUT2D eigenvalue weighted by Crippen LogP contribution is 2.42. The van der Waals surface area contributed by atoms with E-state index in [-0.39, 0.29) is 27.2 Å². The lowest BCUT2D eigenvalue weighted by Gasteiger charge is -2.18. The summed E-state index contributed by atoms with van der Waals surface area (Å²) < 4.78 is 5.95. The van der Waals surface area contributed by atoms with Gasteiger partial charge in [-0.05, 0) is 47.9 Å². The summed E-state index contributed by atoms with van der Waals surface area (Å²) in [6, 6.07) is 14.4. The molecule has 11 heteroatoms. The van der Waals surface area contributed by atoms with E-state index in [0.29, 0.717) is 23.4 Å². The topological polar surface area (TPSA) is 120 Å². The number of benzene rings is 3. The normalized spacial score (nSPS) is 12.7. The lowest BCUT2D eigenvalue weighted by molar-refractivity contribution is -0.136. The van der Waals surface area contributed by atoms with Gasteiger partial charge in [-0.15, -0.1) is 4.91 Å². The fourth-order valence-electron chi connectivity index (χ4n) is 3.81. The van der Waals surface area contributed by atoms with Crippen LogP contribution >= 0.6 is 23.2 Å². The van der Waals surface area contributed by atoms with E-state index in [2.05, 4.69) is 27.6 Å². The molecule has 1 heterocycles. The van der Waals surface area contributed by atoms with Gasteiger partial charge in [-0.25, -0.2) is 5.43 Å². The first-order valence-corrected chi connectivity index (χ1v) is 11.2. The Hall–Kier alpha value is -3.66. The Kier molecular flexibility index (Phi) is 7.20. The highest BCUT2D eigenvalue weighted by Gasteiger charge is 2.22. The molecule has 4 rings (SSSR count). The van der Waals surface area contributed by atoms with Gasteiger partial charge in [-0.3, -0.25) is 14.5 Å². The SMILES string of the molecule is Cc1c(NC(=O)C(=O)NN=O)cc(Cl)c(Oc2ccc(O)c(CN3Cc4ccccc4C3)c2)c1Cl. The summed E-state index contributed by atoms with van der Waals surface area (Å²) in [4.78, 5) is 35.7. The molecule has 3 aromatic carbocycles. The van der Waals surface area contributed by atoms with Crippen molar-refractivity contribution in [3.63, 3.8) is 0 Å². The summed E-state index contributed by atoms with van der Waals surface area (Å²) >= 11 is 12.8. The Bertz CT molecular complexity index is 1310. The monoisotopic (exact) mass is 514 g/mol. The molecule has 0 atom stereocenters. The van der Waals surface area contributed by atoms with Crippen LogP contribution in [0.15, 0.2) is 53.8 Å². The molecular weight excluding hydrogens is 495 g/mol. The average molecular weight is 515 g/mol. The third-order valence-corrected chi connectivity index (χ3v) is 6.33. The van der Waals surface area contributed by atoms with E-state index in [0.717, 1.165) is 13.1 Å². The Labute approximate surface area is 210 Å². The molecule has 3 N–H and O–H groups in total. The van der Waals surface area contributed by atoms with Crippen LogP contribution in [0.2, 0.25) is 10.0 Å². The van der Waals surface area contributed by atoms with Crippen LogP contribution in [0.3, 0.4) is 0 Å². The number of rotatable bonds is 6. The number of fused-ring (bicyclic) bond motifs is 1. The first kappa shape index (κ1) is 24.5. The predicted molar refractivity (Wildman–Crippen MR) is 131 cm³/mol. The molecule has 0 saturated carbocycles. The second-order valence-electron chi connectivity index (χ2n) is 7.97. The molecule has 0 saturated heterocycles. The van der Waals surface area contributed by atoms with Gasteiger partial charge in [0, 0.05) is 30.9 Å². The molecule has 0 bridgehead atoms. The Balaban J connectivity index is 1.52. The molecule has 0 spiro atoms. The van der Waals surface area contributed by atoms with Gasteiger partial charge < -0.3 is 15.2 Å². The van der Waals surface area contributed by atoms with Crippen molar-refractivity contribution in [2.45, 2.75) is 26.6 Å². The zero-order chi connectivity index (χ0) is 25.1. The van der Waals surface area contributed by atoms with E-state index in [1.54, 1.807) is 19.1 Å². The van der Waals surface area contributed by atoms with Gasteiger partial charge in [0.2, 0.25) is 0 Å². The fourth-order valence-corrected chi connectivity index (χ4v) is 4.35. The maximum Gasteiger partial charge on any atom is 0.332 e. The molecule has 2 amide bonds. The lowest BCUT2D eigenvalue weighted by Crippen LogP contribution is -2.32. The highest BCUT2D eigenvalue weighted by atomic mass is 35.5. The number of hydrogen-bond acceptors (Lipinski definition) is 7. The maximum absolute atomic E-state index is 11.9. The molecule has 3 aromatic rings. The largest absolute Gasteiger partial charge is 0.508 e. The fraction of sp³-hybridized carbons (Fsp3) is 0.167. The molecule has 35 heavy (non-hydrogen) atoms. The van der Waals surface area contributed by atoms with Crippen LogP contribution in [0.1, 0.15) is 22.3 Å². The average Bonchev–Trinajstić information content (AvgIpc) is 3.24. The summed E-state index contributed by atoms with van der Waals surface area (Å²) in [7, 11) is 0. The van der Waals surface area contributed by atoms with Crippen LogP contribution in [0, 0.1) is 11.8 Å². The Morgan fingerprint density at radius 1 is 1.09 bits per heavy atom. The highest BCUT2D eigenvalue weighted by molar-refractivity contribution is 6.41. The summed E-state index contributed by atoms with van der Waals surface area (Å²) in [6.07, 6.45) is 0. The van der Waals surface area contributed by atoms with Crippen molar-refractivity contribution >= 4 is 40.7 Å². The molecule has 1 aliphatic rings. The second kappa shape index (κ2) is 10.3. The third-order valence-electron chi connectivity index (χ3n) is 5.59. The lowest BCUT2D eigenvalue weighted by atomic mass is 10.1. The van der Waals surface area contributed by atoms with E-state index in [1.807, 2.05) is 12.1 Å². The second-order valence-corrected chi connectivity index (χ2v) is 8.75. The zero-order valence-electron chi connectivity index (χ0n) is 18.5. The Morgan fingerprint density at radius 3 is 2.43 bits per heavy atom. The molecule has 0 aromatic heterocycles. The van der Waals surface area contributed by atoms with Gasteiger partial charge in [0.25, 0.3) is 0 Å². The first-order chi connectivity index (χ1) is 16.8. The number of carbonyl (C=O) groups is 2. The molecule has 0 fully saturated rings. The number of phenolic OH excluding ortho intramolecular Hbond substituents is 1. The van der Waals surface area contributed by atoms with Crippen molar-refractivity contribution in [1.82, 2.24) is 10.3 Å². The van der Waals surface area contributed by atoms with Crippen molar-refractivity contribution in [1.29, 1.82) is 0 Å². The van der Waals surface area contributed by atoms with E-state index >= 15 is 0 Å². The summed E-state index contributed by atoms with van der Waals surface area (Å²) in [6.45, 7) is 3.68. The number of halogens is 2. The van der Waals surface area contributed by atoms with Crippen LogP contribution < -0.4 is 15.5 Å². The van der Waals surface area contributed by atoms with Crippen molar-refractivity contribution in [3.8, 4) is 17.2 Å². The minimum Gasteiger partial charge on any atom is -0.508 e. The van der Waals surface area contributed by atoms with Gasteiger partial charge in [0.1, 0.15) is 11.5 Å². The van der Waals surface area contributed by atoms with E-state index in [9.17, 15) is 19.6 Å². The molecule has 0 aliphatic carbocycles. The van der Waals surface area contributed by atoms with Gasteiger partial charge in [0.05, 0.1) is 15.3 Å². The molecule has 1 aliphatic heterocycles. The number of hydrogen-bond donors (Lipinski definition) is 3. The number of amides is 2. The number of nitrogens with zero attached hydrogens (tertiary/aromatic N) is 2. The number of aromatic hydroxyl groups is 1. The maximum atomic E-state index is 11.9. The molecule has 180 valence electrons. The Morgan fingerprint density at radius 2 is 1.77 bits per heavy atom. The van der Waals surface area contributed by atoms with E-state index in [4.69, 9.17) is 27.9 Å². The first-order valence-electron chi connectivity index (χ1n) is 10.5. The zero-order valence-corrected chi connectivity index (χ0v) is 20.0. The van der Waals surface area contributed by atoms with Crippen molar-refractivity contribution < 1.29 is 19.4 Å². The van der Waals surface area contributed by atoms with Crippen molar-refractivity contribution in [2.24, 2.45) is 5.29 Å². The van der Waals surface area contributed by atoms with Crippen LogP contribution in [0.25, 0.3) is 0 Å². The number of ether oxygens (including phenoxy) is 1. The number of carbonyl (C=O) groups excluding carboxylic acids is 2. The number of anilines is 1. The van der Waals surface area contributed by atoms with Crippen molar-refractivity contribution in [3.05, 3.63) is 85.7 Å². The molecule has 0 unspecified atom stereocenters. The van der Waals surface area contributed by atoms with Crippen LogP contribution in [-0.4, -0.2) is 21.8 Å². The van der Waals surface area contributed by atoms with Crippen LogP contribution in [-0.2, 0) is 29.2 Å². The summed E-state index contributed by atoms with van der Waals surface area (Å²) in [5.74, 6) is -1.65.